The van der Waals surface area contributed by atoms with Crippen LogP contribution in [0.3, 0.4) is 0 Å². The first-order valence-corrected chi connectivity index (χ1v) is 5.43. The molecule has 3 heteroatoms. The first-order chi connectivity index (χ1) is 7.11. The Morgan fingerprint density at radius 2 is 2.13 bits per heavy atom. The van der Waals surface area contributed by atoms with Crippen LogP contribution >= 0.6 is 0 Å². The first kappa shape index (κ1) is 12.0. The van der Waals surface area contributed by atoms with Crippen molar-refractivity contribution in [3.8, 4) is 0 Å². The lowest BCUT2D eigenvalue weighted by molar-refractivity contribution is 0.259. The van der Waals surface area contributed by atoms with E-state index in [0.29, 0.717) is 5.92 Å². The molecule has 0 aliphatic rings. The zero-order valence-electron chi connectivity index (χ0n) is 9.70. The molecule has 1 aromatic rings. The number of nitrogens with one attached hydrogen (secondary N) is 1. The minimum absolute atomic E-state index is 0.0966. The van der Waals surface area contributed by atoms with Crippen LogP contribution in [0.5, 0.6) is 0 Å². The van der Waals surface area contributed by atoms with Gasteiger partial charge in [0.1, 0.15) is 5.82 Å². The van der Waals surface area contributed by atoms with Gasteiger partial charge in [-0.05, 0) is 31.4 Å². The molecule has 0 aliphatic carbocycles. The van der Waals surface area contributed by atoms with Crippen molar-refractivity contribution in [3.05, 3.63) is 23.9 Å². The second-order valence-electron chi connectivity index (χ2n) is 4.32. The molecule has 0 aromatic carbocycles. The van der Waals surface area contributed by atoms with Gasteiger partial charge in [-0.1, -0.05) is 19.9 Å². The topological polar surface area (TPSA) is 45.1 Å². The van der Waals surface area contributed by atoms with Gasteiger partial charge >= 0.3 is 0 Å². The van der Waals surface area contributed by atoms with Crippen molar-refractivity contribution < 1.29 is 5.11 Å². The molecule has 2 N–H and O–H groups in total. The Balaban J connectivity index is 2.58. The number of hydrogen-bond donors (Lipinski definition) is 2. The number of aromatic nitrogens is 1. The van der Waals surface area contributed by atoms with Crippen LogP contribution in [0, 0.1) is 12.8 Å². The fourth-order valence-corrected chi connectivity index (χ4v) is 1.58. The van der Waals surface area contributed by atoms with E-state index in [0.717, 1.165) is 17.9 Å². The van der Waals surface area contributed by atoms with Crippen molar-refractivity contribution in [1.29, 1.82) is 0 Å². The van der Waals surface area contributed by atoms with Crippen LogP contribution in [-0.2, 0) is 0 Å². The van der Waals surface area contributed by atoms with E-state index in [1.807, 2.05) is 25.1 Å². The van der Waals surface area contributed by atoms with E-state index >= 15 is 0 Å². The van der Waals surface area contributed by atoms with Crippen molar-refractivity contribution in [3.63, 3.8) is 0 Å². The summed E-state index contributed by atoms with van der Waals surface area (Å²) in [5.74, 6) is 1.41. The van der Waals surface area contributed by atoms with Gasteiger partial charge in [-0.15, -0.1) is 0 Å². The molecule has 3 nitrogen and oxygen atoms in total. The molecule has 0 radical (unpaired) electrons. The van der Waals surface area contributed by atoms with Crippen molar-refractivity contribution in [2.45, 2.75) is 33.2 Å². The van der Waals surface area contributed by atoms with E-state index < -0.39 is 0 Å². The molecular formula is C12H20N2O. The van der Waals surface area contributed by atoms with Crippen LogP contribution in [0.25, 0.3) is 0 Å². The van der Waals surface area contributed by atoms with E-state index in [2.05, 4.69) is 24.1 Å². The summed E-state index contributed by atoms with van der Waals surface area (Å²) in [6, 6.07) is 5.95. The second kappa shape index (κ2) is 5.71. The average Bonchev–Trinajstić information content (AvgIpc) is 2.16. The quantitative estimate of drug-likeness (QED) is 0.779. The van der Waals surface area contributed by atoms with E-state index in [1.54, 1.807) is 0 Å². The molecule has 0 aliphatic heterocycles. The van der Waals surface area contributed by atoms with Gasteiger partial charge in [0.25, 0.3) is 0 Å². The Bertz CT molecular complexity index is 299. The molecule has 0 fully saturated rings. The Hall–Kier alpha value is -1.09. The third-order valence-corrected chi connectivity index (χ3v) is 2.22. The second-order valence-corrected chi connectivity index (χ2v) is 4.32. The standard InChI is InChI=1S/C12H20N2O/c1-9(2)7-11(8-15)14-12-6-4-5-10(3)13-12/h4-6,9,11,15H,7-8H2,1-3H3,(H,13,14). The summed E-state index contributed by atoms with van der Waals surface area (Å²) in [6.07, 6.45) is 0.951. The smallest absolute Gasteiger partial charge is 0.126 e. The number of aliphatic hydroxyl groups excluding tert-OH is 1. The summed E-state index contributed by atoms with van der Waals surface area (Å²) in [4.78, 5) is 4.35. The van der Waals surface area contributed by atoms with Crippen molar-refractivity contribution >= 4 is 5.82 Å². The number of anilines is 1. The number of hydrogen-bond acceptors (Lipinski definition) is 3. The molecule has 1 unspecified atom stereocenters. The summed E-state index contributed by atoms with van der Waals surface area (Å²) in [5, 5.41) is 12.5. The predicted molar refractivity (Wildman–Crippen MR) is 62.9 cm³/mol. The Kier molecular flexibility index (Phi) is 4.56. The number of rotatable bonds is 5. The normalized spacial score (nSPS) is 12.9. The molecule has 1 atom stereocenters. The molecule has 84 valence electrons. The van der Waals surface area contributed by atoms with Gasteiger partial charge in [0, 0.05) is 5.69 Å². The Morgan fingerprint density at radius 3 is 2.67 bits per heavy atom. The van der Waals surface area contributed by atoms with Crippen LogP contribution in [-0.4, -0.2) is 22.7 Å². The van der Waals surface area contributed by atoms with Crippen molar-refractivity contribution in [1.82, 2.24) is 4.98 Å². The predicted octanol–water partition coefficient (Wildman–Crippen LogP) is 2.21. The average molecular weight is 208 g/mol. The molecule has 0 amide bonds. The largest absolute Gasteiger partial charge is 0.394 e. The SMILES string of the molecule is Cc1cccc(NC(CO)CC(C)C)n1. The molecule has 1 rings (SSSR count). The van der Waals surface area contributed by atoms with Crippen molar-refractivity contribution in [2.24, 2.45) is 5.92 Å². The van der Waals surface area contributed by atoms with E-state index in [1.165, 1.54) is 0 Å². The fraction of sp³-hybridized carbons (Fsp3) is 0.583. The molecule has 0 bridgehead atoms. The van der Waals surface area contributed by atoms with Crippen LogP contribution < -0.4 is 5.32 Å². The first-order valence-electron chi connectivity index (χ1n) is 5.43. The van der Waals surface area contributed by atoms with Gasteiger partial charge in [0.05, 0.1) is 12.6 Å². The maximum atomic E-state index is 9.22. The lowest BCUT2D eigenvalue weighted by atomic mass is 10.0. The third kappa shape index (κ3) is 4.30. The Labute approximate surface area is 91.5 Å². The highest BCUT2D eigenvalue weighted by atomic mass is 16.3. The highest BCUT2D eigenvalue weighted by Crippen LogP contribution is 2.11. The van der Waals surface area contributed by atoms with Gasteiger partial charge in [0.2, 0.25) is 0 Å². The third-order valence-electron chi connectivity index (χ3n) is 2.22. The van der Waals surface area contributed by atoms with Crippen molar-refractivity contribution in [2.75, 3.05) is 11.9 Å². The molecule has 15 heavy (non-hydrogen) atoms. The van der Waals surface area contributed by atoms with Crippen LogP contribution in [0.1, 0.15) is 26.0 Å². The van der Waals surface area contributed by atoms with E-state index in [-0.39, 0.29) is 12.6 Å². The summed E-state index contributed by atoms with van der Waals surface area (Å²) in [7, 11) is 0. The van der Waals surface area contributed by atoms with Crippen LogP contribution in [0.4, 0.5) is 5.82 Å². The summed E-state index contributed by atoms with van der Waals surface area (Å²) in [5.41, 5.74) is 0.987. The zero-order chi connectivity index (χ0) is 11.3. The summed E-state index contributed by atoms with van der Waals surface area (Å²) < 4.78 is 0. The lowest BCUT2D eigenvalue weighted by Gasteiger charge is -2.18. The fourth-order valence-electron chi connectivity index (χ4n) is 1.58. The molecule has 0 spiro atoms. The maximum Gasteiger partial charge on any atom is 0.126 e. The number of aryl methyl sites for hydroxylation is 1. The van der Waals surface area contributed by atoms with Gasteiger partial charge in [-0.3, -0.25) is 0 Å². The number of nitrogens with zero attached hydrogens (tertiary/aromatic N) is 1. The molecule has 0 saturated heterocycles. The summed E-state index contributed by atoms with van der Waals surface area (Å²) >= 11 is 0. The maximum absolute atomic E-state index is 9.22. The molecule has 0 saturated carbocycles. The van der Waals surface area contributed by atoms with Crippen LogP contribution in [0.2, 0.25) is 0 Å². The van der Waals surface area contributed by atoms with Gasteiger partial charge in [-0.25, -0.2) is 4.98 Å². The molecule has 1 aromatic heterocycles. The number of pyridine rings is 1. The minimum Gasteiger partial charge on any atom is -0.394 e. The summed E-state index contributed by atoms with van der Waals surface area (Å²) in [6.45, 7) is 6.40. The Morgan fingerprint density at radius 1 is 1.40 bits per heavy atom. The monoisotopic (exact) mass is 208 g/mol. The lowest BCUT2D eigenvalue weighted by Crippen LogP contribution is -2.26. The van der Waals surface area contributed by atoms with E-state index in [9.17, 15) is 5.11 Å². The highest BCUT2D eigenvalue weighted by Gasteiger charge is 2.09. The number of aliphatic hydroxyl groups is 1. The molecule has 1 heterocycles. The minimum atomic E-state index is 0.0966. The van der Waals surface area contributed by atoms with Gasteiger partial charge in [-0.2, -0.15) is 0 Å². The zero-order valence-corrected chi connectivity index (χ0v) is 9.70. The van der Waals surface area contributed by atoms with Crippen LogP contribution in [0.15, 0.2) is 18.2 Å². The van der Waals surface area contributed by atoms with E-state index in [4.69, 9.17) is 0 Å². The highest BCUT2D eigenvalue weighted by molar-refractivity contribution is 5.36. The molecular weight excluding hydrogens is 188 g/mol. The van der Waals surface area contributed by atoms with Gasteiger partial charge in [0.15, 0.2) is 0 Å². The van der Waals surface area contributed by atoms with Gasteiger partial charge < -0.3 is 10.4 Å².